The average Bonchev–Trinajstić information content (AvgIpc) is 3.30. The van der Waals surface area contributed by atoms with E-state index in [-0.39, 0.29) is 23.8 Å². The van der Waals surface area contributed by atoms with Gasteiger partial charge in [-0.3, -0.25) is 4.79 Å². The third kappa shape index (κ3) is 4.29. The summed E-state index contributed by atoms with van der Waals surface area (Å²) in [5, 5.41) is 16.0. The van der Waals surface area contributed by atoms with Crippen molar-refractivity contribution in [3.05, 3.63) is 88.6 Å². The van der Waals surface area contributed by atoms with Gasteiger partial charge < -0.3 is 10.4 Å². The highest BCUT2D eigenvalue weighted by molar-refractivity contribution is 7.89. The molecule has 0 saturated carbocycles. The molecule has 1 saturated heterocycles. The summed E-state index contributed by atoms with van der Waals surface area (Å²) < 4.78 is 28.5. The van der Waals surface area contributed by atoms with Gasteiger partial charge in [-0.15, -0.1) is 11.3 Å². The fraction of sp³-hybridized carbons (Fsp3) is 0.261. The van der Waals surface area contributed by atoms with Crippen LogP contribution in [0.1, 0.15) is 34.6 Å². The lowest BCUT2D eigenvalue weighted by atomic mass is 9.83. The van der Waals surface area contributed by atoms with E-state index in [2.05, 4.69) is 5.32 Å². The van der Waals surface area contributed by atoms with Crippen LogP contribution in [-0.2, 0) is 10.0 Å². The Hall–Kier alpha value is -2.52. The minimum Gasteiger partial charge on any atom is -0.388 e. The summed E-state index contributed by atoms with van der Waals surface area (Å²) in [6.45, 7) is 1.79. The van der Waals surface area contributed by atoms with Crippen molar-refractivity contribution in [3.8, 4) is 0 Å². The third-order valence-corrected chi connectivity index (χ3v) is 8.48. The van der Waals surface area contributed by atoms with Crippen LogP contribution in [0.5, 0.6) is 0 Å². The van der Waals surface area contributed by atoms with Gasteiger partial charge in [0.15, 0.2) is 0 Å². The Bertz CT molecular complexity index is 1130. The predicted molar refractivity (Wildman–Crippen MR) is 120 cm³/mol. The molecule has 6 nitrogen and oxygen atoms in total. The molecule has 0 radical (unpaired) electrons. The summed E-state index contributed by atoms with van der Waals surface area (Å²) in [6.07, 6.45) is 0.195. The molecule has 31 heavy (non-hydrogen) atoms. The van der Waals surface area contributed by atoms with Crippen molar-refractivity contribution in [3.63, 3.8) is 0 Å². The zero-order chi connectivity index (χ0) is 22.1. The first-order valence-corrected chi connectivity index (χ1v) is 12.3. The van der Waals surface area contributed by atoms with E-state index in [9.17, 15) is 18.3 Å². The molecular weight excluding hydrogens is 432 g/mol. The molecule has 2 heterocycles. The van der Waals surface area contributed by atoms with Gasteiger partial charge in [0.2, 0.25) is 10.0 Å². The molecule has 1 aliphatic rings. The highest BCUT2D eigenvalue weighted by Gasteiger charge is 2.50. The molecule has 162 valence electrons. The van der Waals surface area contributed by atoms with Crippen LogP contribution in [-0.4, -0.2) is 41.9 Å². The fourth-order valence-corrected chi connectivity index (χ4v) is 6.53. The van der Waals surface area contributed by atoms with Gasteiger partial charge in [0, 0.05) is 17.0 Å². The highest BCUT2D eigenvalue weighted by Crippen LogP contribution is 2.41. The molecular formula is C23H24N2O4S2. The van der Waals surface area contributed by atoms with Crippen molar-refractivity contribution in [2.24, 2.45) is 0 Å². The molecule has 3 unspecified atom stereocenters. The van der Waals surface area contributed by atoms with E-state index in [0.29, 0.717) is 5.56 Å². The predicted octanol–water partition coefficient (Wildman–Crippen LogP) is 3.43. The lowest BCUT2D eigenvalue weighted by Crippen LogP contribution is -2.63. The van der Waals surface area contributed by atoms with E-state index in [4.69, 9.17) is 0 Å². The SMILES string of the molecule is CC1(O)CCN(S(=O)(=O)c2ccccc2)C(c2cccs2)C1NC(=O)c1ccccc1. The average molecular weight is 457 g/mol. The first kappa shape index (κ1) is 21.7. The second kappa shape index (κ2) is 8.55. The molecule has 2 aromatic carbocycles. The van der Waals surface area contributed by atoms with Crippen molar-refractivity contribution in [1.29, 1.82) is 0 Å². The summed E-state index contributed by atoms with van der Waals surface area (Å²) in [4.78, 5) is 13.9. The summed E-state index contributed by atoms with van der Waals surface area (Å²) in [5.41, 5.74) is -0.840. The van der Waals surface area contributed by atoms with Crippen LogP contribution in [0.15, 0.2) is 83.1 Å². The van der Waals surface area contributed by atoms with Crippen LogP contribution in [0.4, 0.5) is 0 Å². The molecule has 0 aliphatic carbocycles. The highest BCUT2D eigenvalue weighted by atomic mass is 32.2. The maximum Gasteiger partial charge on any atom is 0.251 e. The normalized spacial score (nSPS) is 24.6. The number of piperidine rings is 1. The van der Waals surface area contributed by atoms with Gasteiger partial charge in [0.1, 0.15) is 0 Å². The van der Waals surface area contributed by atoms with Gasteiger partial charge in [0.05, 0.1) is 22.6 Å². The van der Waals surface area contributed by atoms with Gasteiger partial charge in [-0.2, -0.15) is 4.31 Å². The molecule has 3 atom stereocenters. The van der Waals surface area contributed by atoms with Crippen LogP contribution in [0.2, 0.25) is 0 Å². The number of amides is 1. The number of thiophene rings is 1. The standard InChI is InChI=1S/C23H24N2O4S2/c1-23(27)14-15-25(31(28,29)18-11-6-3-7-12-18)20(19-13-8-16-30-19)21(23)24-22(26)17-9-4-2-5-10-17/h2-13,16,20-21,27H,14-15H2,1H3,(H,24,26). The van der Waals surface area contributed by atoms with E-state index in [1.807, 2.05) is 23.6 Å². The molecule has 0 bridgehead atoms. The van der Waals surface area contributed by atoms with Gasteiger partial charge in [-0.25, -0.2) is 8.42 Å². The van der Waals surface area contributed by atoms with Crippen LogP contribution in [0.3, 0.4) is 0 Å². The number of nitrogens with one attached hydrogen (secondary N) is 1. The molecule has 1 aromatic heterocycles. The summed E-state index contributed by atoms with van der Waals surface area (Å²) in [7, 11) is -3.84. The number of carbonyl (C=O) groups excluding carboxylic acids is 1. The molecule has 4 rings (SSSR count). The van der Waals surface area contributed by atoms with E-state index in [1.54, 1.807) is 61.5 Å². The van der Waals surface area contributed by atoms with Crippen LogP contribution >= 0.6 is 11.3 Å². The van der Waals surface area contributed by atoms with Crippen LogP contribution < -0.4 is 5.32 Å². The van der Waals surface area contributed by atoms with Crippen LogP contribution in [0, 0.1) is 0 Å². The quantitative estimate of drug-likeness (QED) is 0.616. The Morgan fingerprint density at radius 3 is 2.32 bits per heavy atom. The second-order valence-corrected chi connectivity index (χ2v) is 10.7. The molecule has 1 fully saturated rings. The molecule has 1 aliphatic heterocycles. The zero-order valence-corrected chi connectivity index (χ0v) is 18.6. The number of benzene rings is 2. The summed E-state index contributed by atoms with van der Waals surface area (Å²) >= 11 is 1.40. The smallest absolute Gasteiger partial charge is 0.251 e. The number of hydrogen-bond acceptors (Lipinski definition) is 5. The number of aliphatic hydroxyl groups is 1. The lowest BCUT2D eigenvalue weighted by Gasteiger charge is -2.47. The monoisotopic (exact) mass is 456 g/mol. The van der Waals surface area contributed by atoms with Gasteiger partial charge in [0.25, 0.3) is 5.91 Å². The maximum atomic E-state index is 13.5. The van der Waals surface area contributed by atoms with Gasteiger partial charge >= 0.3 is 0 Å². The zero-order valence-electron chi connectivity index (χ0n) is 17.0. The van der Waals surface area contributed by atoms with Crippen LogP contribution in [0.25, 0.3) is 0 Å². The summed E-state index contributed by atoms with van der Waals surface area (Å²) in [5.74, 6) is -0.355. The van der Waals surface area contributed by atoms with Crippen molar-refractivity contribution < 1.29 is 18.3 Å². The van der Waals surface area contributed by atoms with Gasteiger partial charge in [-0.1, -0.05) is 42.5 Å². The Kier molecular flexibility index (Phi) is 5.98. The van der Waals surface area contributed by atoms with Crippen molar-refractivity contribution >= 4 is 27.3 Å². The first-order valence-electron chi connectivity index (χ1n) is 9.99. The number of rotatable bonds is 5. The Morgan fingerprint density at radius 2 is 1.71 bits per heavy atom. The topological polar surface area (TPSA) is 86.7 Å². The molecule has 2 N–H and O–H groups in total. The Labute approximate surface area is 186 Å². The van der Waals surface area contributed by atoms with Gasteiger partial charge in [-0.05, 0) is 49.1 Å². The minimum absolute atomic E-state index is 0.143. The number of hydrogen-bond donors (Lipinski definition) is 2. The molecule has 0 spiro atoms. The molecule has 3 aromatic rings. The van der Waals surface area contributed by atoms with Crippen molar-refractivity contribution in [1.82, 2.24) is 9.62 Å². The van der Waals surface area contributed by atoms with Crippen molar-refractivity contribution in [2.45, 2.75) is 35.9 Å². The Morgan fingerprint density at radius 1 is 1.06 bits per heavy atom. The number of sulfonamides is 1. The number of nitrogens with zero attached hydrogens (tertiary/aromatic N) is 1. The van der Waals surface area contributed by atoms with E-state index < -0.39 is 27.7 Å². The molecule has 8 heteroatoms. The lowest BCUT2D eigenvalue weighted by molar-refractivity contribution is -0.0411. The third-order valence-electron chi connectivity index (χ3n) is 5.64. The van der Waals surface area contributed by atoms with E-state index >= 15 is 0 Å². The first-order chi connectivity index (χ1) is 14.8. The van der Waals surface area contributed by atoms with E-state index in [0.717, 1.165) is 4.88 Å². The molecule has 1 amide bonds. The number of carbonyl (C=O) groups is 1. The largest absolute Gasteiger partial charge is 0.388 e. The minimum atomic E-state index is -3.84. The maximum absolute atomic E-state index is 13.5. The van der Waals surface area contributed by atoms with Crippen molar-refractivity contribution in [2.75, 3.05) is 6.54 Å². The Balaban J connectivity index is 1.77. The van der Waals surface area contributed by atoms with E-state index in [1.165, 1.54) is 15.6 Å². The summed E-state index contributed by atoms with van der Waals surface area (Å²) in [6, 6.07) is 19.1. The fourth-order valence-electron chi connectivity index (χ4n) is 3.95. The second-order valence-electron chi connectivity index (χ2n) is 7.81.